The molecule has 0 unspecified atom stereocenters. The molecule has 0 saturated heterocycles. The van der Waals surface area contributed by atoms with E-state index in [1.54, 1.807) is 0 Å². The number of rotatable bonds is 5. The van der Waals surface area contributed by atoms with Crippen LogP contribution in [-0.4, -0.2) is 32.3 Å². The van der Waals surface area contributed by atoms with Crippen molar-refractivity contribution in [2.24, 2.45) is 7.05 Å². The molecule has 0 aliphatic heterocycles. The SMILES string of the molecule is CC[n+]1ccn(C)c1CC(OP(=O)(O)O)(C(F)(F)F)C(F)(F)F. The maximum Gasteiger partial charge on any atom is 0.470 e. The summed E-state index contributed by atoms with van der Waals surface area (Å²) in [7, 11) is -4.89. The van der Waals surface area contributed by atoms with E-state index in [0.29, 0.717) is 0 Å². The van der Waals surface area contributed by atoms with Crippen LogP contribution in [0.1, 0.15) is 12.7 Å². The molecule has 2 N–H and O–H groups in total. The fourth-order valence-corrected chi connectivity index (χ4v) is 2.67. The van der Waals surface area contributed by atoms with Crippen LogP contribution in [0.15, 0.2) is 12.4 Å². The Labute approximate surface area is 126 Å². The van der Waals surface area contributed by atoms with E-state index in [2.05, 4.69) is 4.52 Å². The van der Waals surface area contributed by atoms with Gasteiger partial charge in [-0.2, -0.15) is 26.3 Å². The summed E-state index contributed by atoms with van der Waals surface area (Å²) in [5.41, 5.74) is -5.04. The van der Waals surface area contributed by atoms with Gasteiger partial charge in [-0.05, 0) is 6.92 Å². The molecule has 23 heavy (non-hydrogen) atoms. The number of aromatic nitrogens is 2. The summed E-state index contributed by atoms with van der Waals surface area (Å²) in [6, 6.07) is 0. The van der Waals surface area contributed by atoms with Gasteiger partial charge in [0, 0.05) is 0 Å². The minimum absolute atomic E-state index is 0.0535. The summed E-state index contributed by atoms with van der Waals surface area (Å²) >= 11 is 0. The monoisotopic (exact) mass is 371 g/mol. The molecule has 0 fully saturated rings. The highest BCUT2D eigenvalue weighted by atomic mass is 31.2. The van der Waals surface area contributed by atoms with Crippen LogP contribution in [0.4, 0.5) is 26.3 Å². The van der Waals surface area contributed by atoms with Crippen molar-refractivity contribution < 1.29 is 49.8 Å². The van der Waals surface area contributed by atoms with Gasteiger partial charge in [0.05, 0.1) is 20.0 Å². The molecule has 1 rings (SSSR count). The third-order valence-electron chi connectivity index (χ3n) is 3.15. The van der Waals surface area contributed by atoms with E-state index in [9.17, 15) is 30.9 Å². The van der Waals surface area contributed by atoms with Gasteiger partial charge in [0.1, 0.15) is 12.4 Å². The first-order valence-electron chi connectivity index (χ1n) is 6.08. The molecular formula is C10H14F6N2O4P+. The van der Waals surface area contributed by atoms with Crippen LogP contribution >= 0.6 is 7.82 Å². The fourth-order valence-electron chi connectivity index (χ4n) is 1.99. The van der Waals surface area contributed by atoms with Gasteiger partial charge in [0.15, 0.2) is 0 Å². The number of phosphoric ester groups is 1. The highest BCUT2D eigenvalue weighted by molar-refractivity contribution is 7.46. The lowest BCUT2D eigenvalue weighted by Crippen LogP contribution is -2.61. The lowest BCUT2D eigenvalue weighted by molar-refractivity contribution is -0.701. The topological polar surface area (TPSA) is 75.6 Å². The number of imidazole rings is 1. The summed E-state index contributed by atoms with van der Waals surface area (Å²) in [5, 5.41) is 0. The highest BCUT2D eigenvalue weighted by Gasteiger charge is 2.75. The van der Waals surface area contributed by atoms with Crippen molar-refractivity contribution in [3.05, 3.63) is 18.2 Å². The molecule has 6 nitrogen and oxygen atoms in total. The van der Waals surface area contributed by atoms with Crippen molar-refractivity contribution in [2.45, 2.75) is 37.8 Å². The molecule has 1 heterocycles. The Bertz CT molecular complexity index is 591. The smallest absolute Gasteiger partial charge is 0.303 e. The molecule has 0 saturated carbocycles. The van der Waals surface area contributed by atoms with E-state index < -0.39 is 38.0 Å². The minimum Gasteiger partial charge on any atom is -0.303 e. The van der Waals surface area contributed by atoms with Gasteiger partial charge in [-0.15, -0.1) is 0 Å². The normalized spacial score (nSPS) is 14.3. The molecule has 0 aliphatic carbocycles. The zero-order chi connectivity index (χ0) is 18.3. The Morgan fingerprint density at radius 2 is 1.70 bits per heavy atom. The van der Waals surface area contributed by atoms with E-state index in [-0.39, 0.29) is 6.54 Å². The molecular weight excluding hydrogens is 357 g/mol. The molecule has 0 atom stereocenters. The van der Waals surface area contributed by atoms with Crippen LogP contribution in [0, 0.1) is 0 Å². The summed E-state index contributed by atoms with van der Waals surface area (Å²) in [5.74, 6) is -0.462. The van der Waals surface area contributed by atoms with Gasteiger partial charge in [0.25, 0.3) is 11.4 Å². The number of nitrogens with zero attached hydrogens (tertiary/aromatic N) is 2. The molecule has 13 heteroatoms. The number of halogens is 6. The van der Waals surface area contributed by atoms with Crippen LogP contribution in [-0.2, 0) is 29.1 Å². The predicted molar refractivity (Wildman–Crippen MR) is 63.0 cm³/mol. The van der Waals surface area contributed by atoms with E-state index in [1.807, 2.05) is 0 Å². The largest absolute Gasteiger partial charge is 0.470 e. The maximum absolute atomic E-state index is 13.2. The van der Waals surface area contributed by atoms with Crippen molar-refractivity contribution in [3.63, 3.8) is 0 Å². The van der Waals surface area contributed by atoms with Gasteiger partial charge in [0.2, 0.25) is 0 Å². The number of phosphoric acid groups is 1. The van der Waals surface area contributed by atoms with Crippen molar-refractivity contribution in [1.29, 1.82) is 0 Å². The lowest BCUT2D eigenvalue weighted by atomic mass is 9.97. The number of hydrogen-bond acceptors (Lipinski definition) is 2. The second-order valence-corrected chi connectivity index (χ2v) is 5.86. The third-order valence-corrected chi connectivity index (χ3v) is 3.70. The van der Waals surface area contributed by atoms with Crippen molar-refractivity contribution in [1.82, 2.24) is 4.57 Å². The molecule has 0 amide bonds. The number of aryl methyl sites for hydroxylation is 2. The zero-order valence-corrected chi connectivity index (χ0v) is 12.8. The Balaban J connectivity index is 3.56. The average molecular weight is 371 g/mol. The number of hydrogen-bond donors (Lipinski definition) is 2. The summed E-state index contributed by atoms with van der Waals surface area (Å²) in [6.07, 6.45) is -11.6. The van der Waals surface area contributed by atoms with Gasteiger partial charge in [-0.3, -0.25) is 4.52 Å². The molecule has 0 aromatic carbocycles. The van der Waals surface area contributed by atoms with Gasteiger partial charge >= 0.3 is 20.2 Å². The van der Waals surface area contributed by atoms with Crippen molar-refractivity contribution >= 4 is 7.82 Å². The Morgan fingerprint density at radius 1 is 1.22 bits per heavy atom. The minimum atomic E-state index is -6.11. The first-order chi connectivity index (χ1) is 10.1. The summed E-state index contributed by atoms with van der Waals surface area (Å²) in [4.78, 5) is 17.2. The Morgan fingerprint density at radius 3 is 2.04 bits per heavy atom. The number of alkyl halides is 6. The maximum atomic E-state index is 13.2. The molecule has 0 aliphatic rings. The summed E-state index contributed by atoms with van der Waals surface area (Å²) < 4.78 is 95.0. The van der Waals surface area contributed by atoms with Crippen LogP contribution in [0.25, 0.3) is 0 Å². The molecule has 1 aromatic rings. The molecule has 0 radical (unpaired) electrons. The molecule has 134 valence electrons. The van der Waals surface area contributed by atoms with Crippen LogP contribution < -0.4 is 4.57 Å². The van der Waals surface area contributed by atoms with Crippen molar-refractivity contribution in [2.75, 3.05) is 0 Å². The van der Waals surface area contributed by atoms with E-state index in [0.717, 1.165) is 9.13 Å². The Kier molecular flexibility index (Phi) is 5.27. The third kappa shape index (κ3) is 4.06. The molecule has 0 bridgehead atoms. The lowest BCUT2D eigenvalue weighted by Gasteiger charge is -2.35. The zero-order valence-electron chi connectivity index (χ0n) is 11.9. The predicted octanol–water partition coefficient (Wildman–Crippen LogP) is 1.85. The second-order valence-electron chi connectivity index (χ2n) is 4.69. The van der Waals surface area contributed by atoms with Crippen LogP contribution in [0.5, 0.6) is 0 Å². The standard InChI is InChI=1S/C10H13F6N2O4P/c1-3-18-5-4-17(2)7(18)6-8(9(11,12)13,10(14,15)16)22-23(19,20)21/h4-5H,3,6H2,1-2H3,(H-,19,20,21)/p+1. The van der Waals surface area contributed by atoms with Crippen LogP contribution in [0.3, 0.4) is 0 Å². The van der Waals surface area contributed by atoms with E-state index >= 15 is 0 Å². The fraction of sp³-hybridized carbons (Fsp3) is 0.700. The highest BCUT2D eigenvalue weighted by Crippen LogP contribution is 2.55. The quantitative estimate of drug-likeness (QED) is 0.471. The van der Waals surface area contributed by atoms with Crippen LogP contribution in [0.2, 0.25) is 0 Å². The van der Waals surface area contributed by atoms with E-state index in [4.69, 9.17) is 9.79 Å². The molecule has 0 spiro atoms. The average Bonchev–Trinajstić information content (AvgIpc) is 2.65. The van der Waals surface area contributed by atoms with Gasteiger partial charge < -0.3 is 9.79 Å². The van der Waals surface area contributed by atoms with E-state index in [1.165, 1.54) is 26.4 Å². The summed E-state index contributed by atoms with van der Waals surface area (Å²) in [6.45, 7) is 1.54. The van der Waals surface area contributed by atoms with Gasteiger partial charge in [-0.25, -0.2) is 13.7 Å². The Hall–Kier alpha value is -1.10. The first-order valence-corrected chi connectivity index (χ1v) is 7.61. The second kappa shape index (κ2) is 6.08. The van der Waals surface area contributed by atoms with Crippen molar-refractivity contribution in [3.8, 4) is 0 Å². The molecule has 1 aromatic heterocycles. The van der Waals surface area contributed by atoms with Gasteiger partial charge in [-0.1, -0.05) is 0 Å². The first kappa shape index (κ1) is 19.9.